The number of hydrogen-bond acceptors (Lipinski definition) is 3. The molecule has 0 aliphatic carbocycles. The van der Waals surface area contributed by atoms with Crippen LogP contribution >= 0.6 is 23.2 Å². The molecule has 0 aromatic heterocycles. The van der Waals surface area contributed by atoms with E-state index in [2.05, 4.69) is 47.8 Å². The molecule has 0 amide bonds. The number of benzene rings is 4. The first-order valence-corrected chi connectivity index (χ1v) is 10.9. The second-order valence-electron chi connectivity index (χ2n) is 7.12. The average Bonchev–Trinajstić information content (AvgIpc) is 2.78. The molecule has 0 fully saturated rings. The van der Waals surface area contributed by atoms with E-state index in [1.807, 2.05) is 31.2 Å². The Morgan fingerprint density at radius 1 is 0.806 bits per heavy atom. The van der Waals surface area contributed by atoms with Gasteiger partial charge >= 0.3 is 0 Å². The quantitative estimate of drug-likeness (QED) is 0.297. The number of hydrogen-bond donors (Lipinski definition) is 1. The van der Waals surface area contributed by atoms with E-state index in [-0.39, 0.29) is 0 Å². The lowest BCUT2D eigenvalue weighted by Gasteiger charge is -2.15. The third-order valence-electron chi connectivity index (χ3n) is 4.98. The maximum Gasteiger partial charge on any atom is 0.161 e. The highest BCUT2D eigenvalue weighted by Gasteiger charge is 2.09. The summed E-state index contributed by atoms with van der Waals surface area (Å²) in [5.41, 5.74) is 3.08. The largest absolute Gasteiger partial charge is 0.490 e. The number of anilines is 1. The highest BCUT2D eigenvalue weighted by atomic mass is 35.5. The van der Waals surface area contributed by atoms with Crippen LogP contribution in [0.15, 0.2) is 78.9 Å². The summed E-state index contributed by atoms with van der Waals surface area (Å²) in [5, 5.41) is 7.14. The summed E-state index contributed by atoms with van der Waals surface area (Å²) in [7, 11) is 0. The van der Waals surface area contributed by atoms with Crippen molar-refractivity contribution in [1.29, 1.82) is 0 Å². The zero-order chi connectivity index (χ0) is 21.6. The molecule has 0 unspecified atom stereocenters. The van der Waals surface area contributed by atoms with Gasteiger partial charge in [0.1, 0.15) is 6.61 Å². The van der Waals surface area contributed by atoms with Crippen molar-refractivity contribution in [2.45, 2.75) is 20.1 Å². The van der Waals surface area contributed by atoms with Crippen molar-refractivity contribution in [1.82, 2.24) is 0 Å². The van der Waals surface area contributed by atoms with Crippen molar-refractivity contribution < 1.29 is 9.47 Å². The third-order valence-corrected chi connectivity index (χ3v) is 5.57. The molecule has 0 atom stereocenters. The van der Waals surface area contributed by atoms with Gasteiger partial charge in [0, 0.05) is 33.2 Å². The van der Waals surface area contributed by atoms with Gasteiger partial charge in [0.15, 0.2) is 11.5 Å². The van der Waals surface area contributed by atoms with Crippen molar-refractivity contribution in [3.63, 3.8) is 0 Å². The van der Waals surface area contributed by atoms with E-state index in [9.17, 15) is 0 Å². The van der Waals surface area contributed by atoms with Gasteiger partial charge in [-0.05, 0) is 48.2 Å². The minimum atomic E-state index is 0.337. The van der Waals surface area contributed by atoms with Crippen LogP contribution in [0.5, 0.6) is 11.5 Å². The molecule has 0 radical (unpaired) electrons. The maximum atomic E-state index is 6.26. The Labute approximate surface area is 192 Å². The molecule has 0 heterocycles. The molecule has 0 spiro atoms. The molecule has 0 aliphatic heterocycles. The molecular formula is C26H23Cl2NO2. The average molecular weight is 452 g/mol. The summed E-state index contributed by atoms with van der Waals surface area (Å²) in [6.45, 7) is 3.53. The predicted octanol–water partition coefficient (Wildman–Crippen LogP) is 7.74. The van der Waals surface area contributed by atoms with Crippen LogP contribution < -0.4 is 14.8 Å². The van der Waals surface area contributed by atoms with Gasteiger partial charge in [0.2, 0.25) is 0 Å². The molecule has 0 saturated carbocycles. The van der Waals surface area contributed by atoms with Crippen LogP contribution in [0.4, 0.5) is 5.69 Å². The van der Waals surface area contributed by atoms with Gasteiger partial charge < -0.3 is 14.8 Å². The summed E-state index contributed by atoms with van der Waals surface area (Å²) in [6.07, 6.45) is 0. The number of rotatable bonds is 8. The summed E-state index contributed by atoms with van der Waals surface area (Å²) >= 11 is 12.2. The molecule has 4 aromatic carbocycles. The number of fused-ring (bicyclic) bond motifs is 1. The molecular weight excluding hydrogens is 429 g/mol. The predicted molar refractivity (Wildman–Crippen MR) is 130 cm³/mol. The Balaban J connectivity index is 1.48. The van der Waals surface area contributed by atoms with Gasteiger partial charge in [-0.25, -0.2) is 0 Å². The lowest BCUT2D eigenvalue weighted by molar-refractivity contribution is 0.269. The fraction of sp³-hybridized carbons (Fsp3) is 0.154. The van der Waals surface area contributed by atoms with Crippen LogP contribution in [-0.2, 0) is 13.2 Å². The van der Waals surface area contributed by atoms with E-state index in [1.165, 1.54) is 10.8 Å². The van der Waals surface area contributed by atoms with E-state index in [4.69, 9.17) is 32.7 Å². The van der Waals surface area contributed by atoms with Crippen molar-refractivity contribution in [3.05, 3.63) is 100 Å². The van der Waals surface area contributed by atoms with Crippen molar-refractivity contribution >= 4 is 39.7 Å². The van der Waals surface area contributed by atoms with E-state index in [0.29, 0.717) is 41.3 Å². The molecule has 4 aromatic rings. The topological polar surface area (TPSA) is 30.5 Å². The summed E-state index contributed by atoms with van der Waals surface area (Å²) < 4.78 is 11.8. The van der Waals surface area contributed by atoms with Gasteiger partial charge in [-0.1, -0.05) is 71.7 Å². The molecule has 4 rings (SSSR count). The van der Waals surface area contributed by atoms with Crippen LogP contribution in [0.2, 0.25) is 10.0 Å². The summed E-state index contributed by atoms with van der Waals surface area (Å²) in [4.78, 5) is 0. The second kappa shape index (κ2) is 9.95. The van der Waals surface area contributed by atoms with Gasteiger partial charge in [-0.2, -0.15) is 0 Å². The Hall–Kier alpha value is -2.88. The zero-order valence-corrected chi connectivity index (χ0v) is 18.7. The fourth-order valence-electron chi connectivity index (χ4n) is 3.42. The van der Waals surface area contributed by atoms with Crippen LogP contribution in [0.3, 0.4) is 0 Å². The van der Waals surface area contributed by atoms with E-state index < -0.39 is 0 Å². The fourth-order valence-corrected chi connectivity index (χ4v) is 3.88. The first kappa shape index (κ1) is 21.4. The molecule has 3 nitrogen and oxygen atoms in total. The van der Waals surface area contributed by atoms with Crippen LogP contribution in [0, 0.1) is 0 Å². The van der Waals surface area contributed by atoms with Crippen LogP contribution in [0.25, 0.3) is 10.8 Å². The van der Waals surface area contributed by atoms with Gasteiger partial charge in [0.05, 0.1) is 6.61 Å². The van der Waals surface area contributed by atoms with E-state index >= 15 is 0 Å². The van der Waals surface area contributed by atoms with Crippen molar-refractivity contribution in [2.75, 3.05) is 11.9 Å². The van der Waals surface area contributed by atoms with E-state index in [1.54, 1.807) is 12.1 Å². The molecule has 31 heavy (non-hydrogen) atoms. The molecule has 0 saturated heterocycles. The number of halogens is 2. The van der Waals surface area contributed by atoms with Gasteiger partial charge in [-0.3, -0.25) is 0 Å². The minimum Gasteiger partial charge on any atom is -0.490 e. The number of nitrogens with one attached hydrogen (secondary N) is 1. The standard InChI is InChI=1S/C26H23Cl2NO2/c1-2-30-26-14-18(16-29-24-9-5-7-19-6-3-4-8-22(19)24)10-13-25(26)31-17-20-11-12-21(27)15-23(20)28/h3-15,29H,2,16-17H2,1H3. The Morgan fingerprint density at radius 2 is 1.65 bits per heavy atom. The smallest absolute Gasteiger partial charge is 0.161 e. The Kier molecular flexibility index (Phi) is 6.86. The first-order valence-electron chi connectivity index (χ1n) is 10.2. The molecule has 0 aliphatic rings. The molecule has 158 valence electrons. The van der Waals surface area contributed by atoms with Gasteiger partial charge in [0.25, 0.3) is 0 Å². The van der Waals surface area contributed by atoms with Crippen LogP contribution in [-0.4, -0.2) is 6.61 Å². The monoisotopic (exact) mass is 451 g/mol. The molecule has 1 N–H and O–H groups in total. The van der Waals surface area contributed by atoms with Gasteiger partial charge in [-0.15, -0.1) is 0 Å². The SMILES string of the molecule is CCOc1cc(CNc2cccc3ccccc23)ccc1OCc1ccc(Cl)cc1Cl. The summed E-state index contributed by atoms with van der Waals surface area (Å²) in [6, 6.07) is 26.0. The van der Waals surface area contributed by atoms with Crippen molar-refractivity contribution in [3.8, 4) is 11.5 Å². The molecule has 0 bridgehead atoms. The lowest BCUT2D eigenvalue weighted by atomic mass is 10.1. The molecule has 5 heteroatoms. The minimum absolute atomic E-state index is 0.337. The Morgan fingerprint density at radius 3 is 2.48 bits per heavy atom. The van der Waals surface area contributed by atoms with Crippen molar-refractivity contribution in [2.24, 2.45) is 0 Å². The first-order chi connectivity index (χ1) is 15.1. The maximum absolute atomic E-state index is 6.26. The Bertz CT molecular complexity index is 1190. The highest BCUT2D eigenvalue weighted by Crippen LogP contribution is 2.31. The van der Waals surface area contributed by atoms with Crippen LogP contribution in [0.1, 0.15) is 18.1 Å². The lowest BCUT2D eigenvalue weighted by Crippen LogP contribution is -2.03. The normalized spacial score (nSPS) is 10.8. The number of ether oxygens (including phenoxy) is 2. The summed E-state index contributed by atoms with van der Waals surface area (Å²) in [5.74, 6) is 1.39. The zero-order valence-electron chi connectivity index (χ0n) is 17.2. The van der Waals surface area contributed by atoms with E-state index in [0.717, 1.165) is 16.8 Å². The third kappa shape index (κ3) is 5.25. The second-order valence-corrected chi connectivity index (χ2v) is 7.96. The highest BCUT2D eigenvalue weighted by molar-refractivity contribution is 6.35.